The van der Waals surface area contributed by atoms with Crippen LogP contribution in [0.5, 0.6) is 5.75 Å². The van der Waals surface area contributed by atoms with Crippen LogP contribution in [0.2, 0.25) is 0 Å². The van der Waals surface area contributed by atoms with Gasteiger partial charge < -0.3 is 5.11 Å². The molecule has 16 heavy (non-hydrogen) atoms. The molecule has 0 heterocycles. The number of carbonyl (C=O) groups excluding carboxylic acids is 1. The molecule has 0 spiro atoms. The number of hydrogen-bond acceptors (Lipinski definition) is 3. The highest BCUT2D eigenvalue weighted by Crippen LogP contribution is 2.13. The van der Waals surface area contributed by atoms with Crippen molar-refractivity contribution in [3.63, 3.8) is 0 Å². The third-order valence-electron chi connectivity index (χ3n) is 2.74. The number of carbonyl (C=O) groups is 1. The summed E-state index contributed by atoms with van der Waals surface area (Å²) in [5.41, 5.74) is 1.14. The second kappa shape index (κ2) is 5.66. The van der Waals surface area contributed by atoms with Gasteiger partial charge in [-0.25, -0.2) is 0 Å². The Morgan fingerprint density at radius 1 is 1.31 bits per heavy atom. The quantitative estimate of drug-likeness (QED) is 0.824. The van der Waals surface area contributed by atoms with E-state index in [1.54, 1.807) is 19.1 Å². The van der Waals surface area contributed by atoms with Gasteiger partial charge in [-0.1, -0.05) is 12.1 Å². The van der Waals surface area contributed by atoms with Crippen molar-refractivity contribution < 1.29 is 9.90 Å². The summed E-state index contributed by atoms with van der Waals surface area (Å²) in [7, 11) is 3.84. The first-order chi connectivity index (χ1) is 7.50. The molecule has 0 aromatic heterocycles. The highest BCUT2D eigenvalue weighted by molar-refractivity contribution is 5.81. The van der Waals surface area contributed by atoms with Crippen molar-refractivity contribution in [3.05, 3.63) is 29.8 Å². The van der Waals surface area contributed by atoms with Gasteiger partial charge in [0.2, 0.25) is 0 Å². The summed E-state index contributed by atoms with van der Waals surface area (Å²) in [6.07, 6.45) is 1.66. The molecule has 3 nitrogen and oxygen atoms in total. The van der Waals surface area contributed by atoms with Crippen LogP contribution in [-0.4, -0.2) is 35.9 Å². The van der Waals surface area contributed by atoms with Crippen molar-refractivity contribution in [2.24, 2.45) is 0 Å². The van der Waals surface area contributed by atoms with Crippen LogP contribution in [0.15, 0.2) is 24.3 Å². The molecule has 0 aliphatic rings. The van der Waals surface area contributed by atoms with Crippen LogP contribution in [0.25, 0.3) is 0 Å². The van der Waals surface area contributed by atoms with Crippen molar-refractivity contribution in [1.29, 1.82) is 0 Å². The van der Waals surface area contributed by atoms with E-state index in [2.05, 4.69) is 0 Å². The Bertz CT molecular complexity index is 343. The standard InChI is InChI=1S/C13H19NO2/c1-10(15)13(14(2)3)9-6-11-4-7-12(16)8-5-11/h4-5,7-8,13,16H,6,9H2,1-3H3/t13-/m0/s1. The number of hydrogen-bond donors (Lipinski definition) is 1. The molecule has 0 amide bonds. The number of ketones is 1. The number of phenolic OH excluding ortho intramolecular Hbond substituents is 1. The lowest BCUT2D eigenvalue weighted by Crippen LogP contribution is -2.34. The predicted molar refractivity (Wildman–Crippen MR) is 64.6 cm³/mol. The van der Waals surface area contributed by atoms with Gasteiger partial charge >= 0.3 is 0 Å². The van der Waals surface area contributed by atoms with E-state index in [4.69, 9.17) is 5.11 Å². The van der Waals surface area contributed by atoms with Crippen LogP contribution in [0.4, 0.5) is 0 Å². The highest BCUT2D eigenvalue weighted by Gasteiger charge is 2.15. The predicted octanol–water partition coefficient (Wildman–Crippen LogP) is 1.84. The summed E-state index contributed by atoms with van der Waals surface area (Å²) in [5, 5.41) is 9.15. The minimum absolute atomic E-state index is 0.0196. The third-order valence-corrected chi connectivity index (χ3v) is 2.74. The Balaban J connectivity index is 2.55. The minimum Gasteiger partial charge on any atom is -0.508 e. The molecule has 0 bridgehead atoms. The number of aryl methyl sites for hydroxylation is 1. The van der Waals surface area contributed by atoms with E-state index in [9.17, 15) is 4.79 Å². The number of aromatic hydroxyl groups is 1. The maximum absolute atomic E-state index is 11.4. The van der Waals surface area contributed by atoms with Crippen molar-refractivity contribution in [3.8, 4) is 5.75 Å². The number of rotatable bonds is 5. The SMILES string of the molecule is CC(=O)[C@H](CCc1ccc(O)cc1)N(C)C. The molecule has 3 heteroatoms. The molecule has 1 atom stereocenters. The van der Waals surface area contributed by atoms with Gasteiger partial charge in [0.15, 0.2) is 0 Å². The Labute approximate surface area is 96.7 Å². The molecule has 0 radical (unpaired) electrons. The van der Waals surface area contributed by atoms with Gasteiger partial charge in [-0.3, -0.25) is 9.69 Å². The van der Waals surface area contributed by atoms with E-state index in [0.29, 0.717) is 0 Å². The first kappa shape index (κ1) is 12.7. The maximum Gasteiger partial charge on any atom is 0.146 e. The second-order valence-corrected chi connectivity index (χ2v) is 4.30. The van der Waals surface area contributed by atoms with E-state index in [0.717, 1.165) is 18.4 Å². The lowest BCUT2D eigenvalue weighted by Gasteiger charge is -2.21. The first-order valence-electron chi connectivity index (χ1n) is 5.45. The van der Waals surface area contributed by atoms with Gasteiger partial charge in [0.05, 0.1) is 6.04 Å². The molecular weight excluding hydrogens is 202 g/mol. The highest BCUT2D eigenvalue weighted by atomic mass is 16.3. The zero-order valence-electron chi connectivity index (χ0n) is 10.1. The molecule has 0 unspecified atom stereocenters. The molecule has 0 saturated heterocycles. The lowest BCUT2D eigenvalue weighted by atomic mass is 10.0. The molecular formula is C13H19NO2. The van der Waals surface area contributed by atoms with Crippen molar-refractivity contribution in [2.75, 3.05) is 14.1 Å². The number of phenols is 1. The third kappa shape index (κ3) is 3.66. The fraction of sp³-hybridized carbons (Fsp3) is 0.462. The van der Waals surface area contributed by atoms with Crippen LogP contribution < -0.4 is 0 Å². The van der Waals surface area contributed by atoms with Gasteiger partial charge in [0.25, 0.3) is 0 Å². The van der Waals surface area contributed by atoms with E-state index < -0.39 is 0 Å². The molecule has 0 fully saturated rings. The number of likely N-dealkylation sites (N-methyl/N-ethyl adjacent to an activating group) is 1. The molecule has 88 valence electrons. The Morgan fingerprint density at radius 2 is 1.88 bits per heavy atom. The van der Waals surface area contributed by atoms with Crippen molar-refractivity contribution in [1.82, 2.24) is 4.90 Å². The molecule has 1 N–H and O–H groups in total. The monoisotopic (exact) mass is 221 g/mol. The minimum atomic E-state index is -0.0196. The molecule has 1 rings (SSSR count). The van der Waals surface area contributed by atoms with Gasteiger partial charge in [0, 0.05) is 0 Å². The van der Waals surface area contributed by atoms with Crippen LogP contribution >= 0.6 is 0 Å². The van der Waals surface area contributed by atoms with Crippen LogP contribution in [0, 0.1) is 0 Å². The molecule has 0 saturated carbocycles. The van der Waals surface area contributed by atoms with Crippen molar-refractivity contribution >= 4 is 5.78 Å². The number of nitrogens with zero attached hydrogens (tertiary/aromatic N) is 1. The van der Waals surface area contributed by atoms with E-state index in [-0.39, 0.29) is 17.6 Å². The number of Topliss-reactive ketones (excluding diaryl/α,β-unsaturated/α-hetero) is 1. The lowest BCUT2D eigenvalue weighted by molar-refractivity contribution is -0.121. The Hall–Kier alpha value is -1.35. The molecule has 1 aromatic rings. The summed E-state index contributed by atoms with van der Waals surface area (Å²) < 4.78 is 0. The molecule has 0 aliphatic carbocycles. The summed E-state index contributed by atoms with van der Waals surface area (Å²) in [4.78, 5) is 13.3. The smallest absolute Gasteiger partial charge is 0.146 e. The van der Waals surface area contributed by atoms with Crippen molar-refractivity contribution in [2.45, 2.75) is 25.8 Å². The summed E-state index contributed by atoms with van der Waals surface area (Å²) >= 11 is 0. The van der Waals surface area contributed by atoms with Gasteiger partial charge in [-0.05, 0) is 51.6 Å². The largest absolute Gasteiger partial charge is 0.508 e. The van der Waals surface area contributed by atoms with Crippen LogP contribution in [0.3, 0.4) is 0 Å². The Kier molecular flexibility index (Phi) is 4.50. The summed E-state index contributed by atoms with van der Waals surface area (Å²) in [6.45, 7) is 1.63. The van der Waals surface area contributed by atoms with Gasteiger partial charge in [-0.15, -0.1) is 0 Å². The van der Waals surface area contributed by atoms with E-state index >= 15 is 0 Å². The average molecular weight is 221 g/mol. The second-order valence-electron chi connectivity index (χ2n) is 4.30. The zero-order chi connectivity index (χ0) is 12.1. The Morgan fingerprint density at radius 3 is 2.31 bits per heavy atom. The topological polar surface area (TPSA) is 40.5 Å². The first-order valence-corrected chi connectivity index (χ1v) is 5.45. The fourth-order valence-electron chi connectivity index (χ4n) is 1.79. The average Bonchev–Trinajstić information content (AvgIpc) is 2.20. The maximum atomic E-state index is 11.4. The normalized spacial score (nSPS) is 12.8. The van der Waals surface area contributed by atoms with Gasteiger partial charge in [-0.2, -0.15) is 0 Å². The van der Waals surface area contributed by atoms with Crippen LogP contribution in [-0.2, 0) is 11.2 Å². The molecule has 1 aromatic carbocycles. The summed E-state index contributed by atoms with van der Waals surface area (Å²) in [6, 6.07) is 7.11. The zero-order valence-corrected chi connectivity index (χ0v) is 10.1. The summed E-state index contributed by atoms with van der Waals surface area (Å²) in [5.74, 6) is 0.475. The number of benzene rings is 1. The van der Waals surface area contributed by atoms with Crippen LogP contribution in [0.1, 0.15) is 18.9 Å². The van der Waals surface area contributed by atoms with Gasteiger partial charge in [0.1, 0.15) is 11.5 Å². The fourth-order valence-corrected chi connectivity index (χ4v) is 1.79. The van der Waals surface area contributed by atoms with E-state index in [1.165, 1.54) is 0 Å². The van der Waals surface area contributed by atoms with E-state index in [1.807, 2.05) is 31.1 Å². The molecule has 0 aliphatic heterocycles.